The minimum absolute atomic E-state index is 0.0551. The predicted octanol–water partition coefficient (Wildman–Crippen LogP) is 3.99. The fraction of sp³-hybridized carbons (Fsp3) is 0.294. The number of rotatable bonds is 5. The van der Waals surface area contributed by atoms with Crippen LogP contribution in [-0.4, -0.2) is 15.8 Å². The van der Waals surface area contributed by atoms with Crippen LogP contribution in [0.15, 0.2) is 30.5 Å². The van der Waals surface area contributed by atoms with Crippen molar-refractivity contribution in [2.24, 2.45) is 5.92 Å². The van der Waals surface area contributed by atoms with Crippen molar-refractivity contribution in [2.75, 3.05) is 5.32 Å². The lowest BCUT2D eigenvalue weighted by Crippen LogP contribution is -2.18. The van der Waals surface area contributed by atoms with Gasteiger partial charge in [-0.15, -0.1) is 0 Å². The first-order valence-corrected chi connectivity index (χ1v) is 7.49. The fourth-order valence-electron chi connectivity index (χ4n) is 2.03. The smallest absolute Gasteiger partial charge is 0.272 e. The second-order valence-corrected chi connectivity index (χ2v) is 5.71. The number of amides is 1. The Morgan fingerprint density at radius 2 is 1.96 bits per heavy atom. The number of benzene rings is 1. The van der Waals surface area contributed by atoms with E-state index >= 15 is 0 Å². The third-order valence-corrected chi connectivity index (χ3v) is 3.64. The number of hydrogen-bond acceptors (Lipinski definition) is 5. The monoisotopic (exact) mass is 329 g/mol. The topological polar surface area (TPSA) is 94.4 Å². The maximum Gasteiger partial charge on any atom is 0.272 e. The SMILES string of the molecule is Cc1c(Oc2ccnc(NC(=O)C(C)C)c2)ccc([N+](=O)[O-])c1C. The van der Waals surface area contributed by atoms with Crippen LogP contribution in [0.2, 0.25) is 0 Å². The summed E-state index contributed by atoms with van der Waals surface area (Å²) in [5.41, 5.74) is 1.30. The number of pyridine rings is 1. The van der Waals surface area contributed by atoms with Gasteiger partial charge in [-0.3, -0.25) is 14.9 Å². The summed E-state index contributed by atoms with van der Waals surface area (Å²) in [5.74, 6) is 1.10. The van der Waals surface area contributed by atoms with Crippen LogP contribution in [0.5, 0.6) is 11.5 Å². The maximum atomic E-state index is 11.7. The number of ether oxygens (including phenoxy) is 1. The van der Waals surface area contributed by atoms with Gasteiger partial charge in [-0.05, 0) is 26.0 Å². The van der Waals surface area contributed by atoms with Gasteiger partial charge < -0.3 is 10.1 Å². The number of anilines is 1. The summed E-state index contributed by atoms with van der Waals surface area (Å²) in [5, 5.41) is 13.7. The third kappa shape index (κ3) is 3.87. The lowest BCUT2D eigenvalue weighted by molar-refractivity contribution is -0.385. The highest BCUT2D eigenvalue weighted by Crippen LogP contribution is 2.32. The van der Waals surface area contributed by atoms with Crippen molar-refractivity contribution in [1.82, 2.24) is 4.98 Å². The van der Waals surface area contributed by atoms with Crippen molar-refractivity contribution < 1.29 is 14.5 Å². The zero-order valence-corrected chi connectivity index (χ0v) is 14.0. The number of nitrogens with one attached hydrogen (secondary N) is 1. The molecule has 0 unspecified atom stereocenters. The molecule has 1 aromatic heterocycles. The summed E-state index contributed by atoms with van der Waals surface area (Å²) in [6.07, 6.45) is 1.53. The highest BCUT2D eigenvalue weighted by Gasteiger charge is 2.16. The molecule has 24 heavy (non-hydrogen) atoms. The van der Waals surface area contributed by atoms with Gasteiger partial charge in [-0.2, -0.15) is 0 Å². The summed E-state index contributed by atoms with van der Waals surface area (Å²) in [4.78, 5) is 26.3. The van der Waals surface area contributed by atoms with Crippen LogP contribution in [0.4, 0.5) is 11.5 Å². The second-order valence-electron chi connectivity index (χ2n) is 5.71. The molecule has 0 spiro atoms. The van der Waals surface area contributed by atoms with Gasteiger partial charge in [0, 0.05) is 35.4 Å². The average Bonchev–Trinajstić information content (AvgIpc) is 2.52. The normalized spacial score (nSPS) is 10.5. The number of carbonyl (C=O) groups is 1. The van der Waals surface area contributed by atoms with Crippen molar-refractivity contribution in [2.45, 2.75) is 27.7 Å². The molecular formula is C17H19N3O4. The first-order valence-electron chi connectivity index (χ1n) is 7.49. The molecule has 2 rings (SSSR count). The van der Waals surface area contributed by atoms with E-state index in [1.165, 1.54) is 12.3 Å². The summed E-state index contributed by atoms with van der Waals surface area (Å²) in [7, 11) is 0. The molecule has 1 amide bonds. The second kappa shape index (κ2) is 7.08. The Labute approximate surface area is 139 Å². The van der Waals surface area contributed by atoms with Crippen LogP contribution < -0.4 is 10.1 Å². The Bertz CT molecular complexity index is 787. The van der Waals surface area contributed by atoms with Gasteiger partial charge in [-0.25, -0.2) is 4.98 Å². The molecule has 0 atom stereocenters. The first-order chi connectivity index (χ1) is 11.3. The molecule has 0 saturated carbocycles. The van der Waals surface area contributed by atoms with Crippen LogP contribution in [0.25, 0.3) is 0 Å². The quantitative estimate of drug-likeness (QED) is 0.661. The molecule has 1 N–H and O–H groups in total. The van der Waals surface area contributed by atoms with Gasteiger partial charge in [0.25, 0.3) is 5.69 Å². The van der Waals surface area contributed by atoms with E-state index in [2.05, 4.69) is 10.3 Å². The van der Waals surface area contributed by atoms with Crippen LogP contribution in [0.1, 0.15) is 25.0 Å². The van der Waals surface area contributed by atoms with Gasteiger partial charge in [0.05, 0.1) is 4.92 Å². The minimum Gasteiger partial charge on any atom is -0.457 e. The number of hydrogen-bond donors (Lipinski definition) is 1. The van der Waals surface area contributed by atoms with E-state index in [0.29, 0.717) is 28.4 Å². The molecule has 0 bridgehead atoms. The van der Waals surface area contributed by atoms with Crippen molar-refractivity contribution in [3.05, 3.63) is 51.7 Å². The summed E-state index contributed by atoms with van der Waals surface area (Å²) in [6.45, 7) is 7.03. The Kier molecular flexibility index (Phi) is 5.13. The number of nitro benzene ring substituents is 1. The molecule has 7 heteroatoms. The van der Waals surface area contributed by atoms with Crippen molar-refractivity contribution in [3.63, 3.8) is 0 Å². The standard InChI is InChI=1S/C17H19N3O4/c1-10(2)17(21)19-16-9-13(7-8-18-16)24-15-6-5-14(20(22)23)11(3)12(15)4/h5-10H,1-4H3,(H,18,19,21). The Hall–Kier alpha value is -2.96. The van der Waals surface area contributed by atoms with Gasteiger partial charge in [0.15, 0.2) is 0 Å². The van der Waals surface area contributed by atoms with Crippen molar-refractivity contribution in [3.8, 4) is 11.5 Å². The van der Waals surface area contributed by atoms with Crippen molar-refractivity contribution in [1.29, 1.82) is 0 Å². The lowest BCUT2D eigenvalue weighted by Gasteiger charge is -2.12. The molecule has 7 nitrogen and oxygen atoms in total. The van der Waals surface area contributed by atoms with E-state index in [9.17, 15) is 14.9 Å². The van der Waals surface area contributed by atoms with Crippen LogP contribution in [0, 0.1) is 29.9 Å². The van der Waals surface area contributed by atoms with Crippen LogP contribution in [-0.2, 0) is 4.79 Å². The van der Waals surface area contributed by atoms with Crippen LogP contribution in [0.3, 0.4) is 0 Å². The molecule has 126 valence electrons. The number of carbonyl (C=O) groups excluding carboxylic acids is 1. The Morgan fingerprint density at radius 3 is 2.58 bits per heavy atom. The molecule has 1 aromatic carbocycles. The first kappa shape index (κ1) is 17.4. The van der Waals surface area contributed by atoms with Gasteiger partial charge >= 0.3 is 0 Å². The van der Waals surface area contributed by atoms with E-state index in [1.54, 1.807) is 45.9 Å². The summed E-state index contributed by atoms with van der Waals surface area (Å²) in [6, 6.07) is 6.24. The molecule has 0 aliphatic heterocycles. The molecule has 0 saturated heterocycles. The predicted molar refractivity (Wildman–Crippen MR) is 90.3 cm³/mol. The van der Waals surface area contributed by atoms with Gasteiger partial charge in [0.1, 0.15) is 17.3 Å². The van der Waals surface area contributed by atoms with E-state index < -0.39 is 4.92 Å². The number of aromatic nitrogens is 1. The summed E-state index contributed by atoms with van der Waals surface area (Å²) >= 11 is 0. The fourth-order valence-corrected chi connectivity index (χ4v) is 2.03. The highest BCUT2D eigenvalue weighted by molar-refractivity contribution is 5.91. The lowest BCUT2D eigenvalue weighted by atomic mass is 10.1. The molecule has 0 fully saturated rings. The highest BCUT2D eigenvalue weighted by atomic mass is 16.6. The van der Waals surface area contributed by atoms with Crippen molar-refractivity contribution >= 4 is 17.4 Å². The summed E-state index contributed by atoms with van der Waals surface area (Å²) < 4.78 is 5.79. The molecule has 1 heterocycles. The molecular weight excluding hydrogens is 310 g/mol. The van der Waals surface area contributed by atoms with E-state index in [1.807, 2.05) is 0 Å². The molecule has 0 aliphatic rings. The zero-order valence-electron chi connectivity index (χ0n) is 14.0. The minimum atomic E-state index is -0.419. The zero-order chi connectivity index (χ0) is 17.9. The third-order valence-electron chi connectivity index (χ3n) is 3.64. The average molecular weight is 329 g/mol. The molecule has 0 aliphatic carbocycles. The Morgan fingerprint density at radius 1 is 1.25 bits per heavy atom. The van der Waals surface area contributed by atoms with E-state index in [0.717, 1.165) is 0 Å². The number of nitrogens with zero attached hydrogens (tertiary/aromatic N) is 2. The van der Waals surface area contributed by atoms with E-state index in [-0.39, 0.29) is 17.5 Å². The number of nitro groups is 1. The van der Waals surface area contributed by atoms with Crippen LogP contribution >= 0.6 is 0 Å². The van der Waals surface area contributed by atoms with Gasteiger partial charge in [-0.1, -0.05) is 13.8 Å². The molecule has 0 radical (unpaired) electrons. The van der Waals surface area contributed by atoms with E-state index in [4.69, 9.17) is 4.74 Å². The largest absolute Gasteiger partial charge is 0.457 e. The maximum absolute atomic E-state index is 11.7. The Balaban J connectivity index is 2.24. The molecule has 2 aromatic rings. The van der Waals surface area contributed by atoms with Gasteiger partial charge in [0.2, 0.25) is 5.91 Å².